The topological polar surface area (TPSA) is 32.5 Å². The molecule has 2 fully saturated rings. The molecule has 2 aliphatic rings. The molecule has 2 rings (SSSR count). The lowest BCUT2D eigenvalue weighted by molar-refractivity contribution is 0.0386. The van der Waals surface area contributed by atoms with Crippen LogP contribution in [0, 0.1) is 5.92 Å². The Balaban J connectivity index is 1.87. The minimum absolute atomic E-state index is 0.312. The minimum atomic E-state index is 0.312. The van der Waals surface area contributed by atoms with E-state index in [1.54, 1.807) is 0 Å². The SMILES string of the molecule is CC(C)CN1CCN(C2(CN)CCCSC2)CC1. The zero-order valence-corrected chi connectivity index (χ0v) is 12.8. The molecule has 0 aromatic carbocycles. The summed E-state index contributed by atoms with van der Waals surface area (Å²) in [4.78, 5) is 5.30. The van der Waals surface area contributed by atoms with Crippen LogP contribution in [-0.2, 0) is 0 Å². The molecule has 1 unspecified atom stereocenters. The van der Waals surface area contributed by atoms with Gasteiger partial charge in [-0.1, -0.05) is 13.8 Å². The molecule has 2 aliphatic heterocycles. The summed E-state index contributed by atoms with van der Waals surface area (Å²) in [5.41, 5.74) is 6.43. The molecule has 0 aromatic rings. The van der Waals surface area contributed by atoms with Crippen LogP contribution in [0.15, 0.2) is 0 Å². The smallest absolute Gasteiger partial charge is 0.0423 e. The maximum atomic E-state index is 6.12. The number of nitrogens with two attached hydrogens (primary N) is 1. The summed E-state index contributed by atoms with van der Waals surface area (Å²) in [6.07, 6.45) is 2.65. The number of rotatable bonds is 4. The highest BCUT2D eigenvalue weighted by Gasteiger charge is 2.38. The molecule has 0 spiro atoms. The third-order valence-corrected chi connectivity index (χ3v) is 5.67. The fraction of sp³-hybridized carbons (Fsp3) is 1.00. The van der Waals surface area contributed by atoms with Gasteiger partial charge < -0.3 is 10.6 Å². The van der Waals surface area contributed by atoms with Gasteiger partial charge in [0, 0.05) is 50.6 Å². The third kappa shape index (κ3) is 3.41. The quantitative estimate of drug-likeness (QED) is 0.839. The van der Waals surface area contributed by atoms with E-state index >= 15 is 0 Å². The number of nitrogens with zero attached hydrogens (tertiary/aromatic N) is 2. The monoisotopic (exact) mass is 271 g/mol. The molecule has 0 aliphatic carbocycles. The van der Waals surface area contributed by atoms with Gasteiger partial charge in [-0.2, -0.15) is 11.8 Å². The maximum absolute atomic E-state index is 6.12. The van der Waals surface area contributed by atoms with Gasteiger partial charge in [-0.3, -0.25) is 4.90 Å². The molecule has 4 heteroatoms. The van der Waals surface area contributed by atoms with Crippen LogP contribution in [0.3, 0.4) is 0 Å². The zero-order valence-electron chi connectivity index (χ0n) is 12.0. The van der Waals surface area contributed by atoms with Crippen molar-refractivity contribution in [3.05, 3.63) is 0 Å². The minimum Gasteiger partial charge on any atom is -0.329 e. The Morgan fingerprint density at radius 1 is 1.22 bits per heavy atom. The Morgan fingerprint density at radius 3 is 2.44 bits per heavy atom. The molecule has 0 bridgehead atoms. The molecule has 2 heterocycles. The van der Waals surface area contributed by atoms with Gasteiger partial charge in [0.15, 0.2) is 0 Å². The van der Waals surface area contributed by atoms with Crippen LogP contribution < -0.4 is 5.73 Å². The molecular weight excluding hydrogens is 242 g/mol. The van der Waals surface area contributed by atoms with Crippen molar-refractivity contribution < 1.29 is 0 Å². The van der Waals surface area contributed by atoms with Gasteiger partial charge in [0.1, 0.15) is 0 Å². The van der Waals surface area contributed by atoms with Gasteiger partial charge in [0.2, 0.25) is 0 Å². The second-order valence-electron chi connectivity index (χ2n) is 6.27. The van der Waals surface area contributed by atoms with E-state index in [-0.39, 0.29) is 0 Å². The first-order chi connectivity index (χ1) is 8.66. The summed E-state index contributed by atoms with van der Waals surface area (Å²) in [5, 5.41) is 0. The van der Waals surface area contributed by atoms with E-state index in [4.69, 9.17) is 5.73 Å². The molecule has 18 heavy (non-hydrogen) atoms. The molecule has 1 atom stereocenters. The van der Waals surface area contributed by atoms with Crippen LogP contribution in [0.4, 0.5) is 0 Å². The number of hydrogen-bond acceptors (Lipinski definition) is 4. The highest BCUT2D eigenvalue weighted by Crippen LogP contribution is 2.32. The maximum Gasteiger partial charge on any atom is 0.0423 e. The van der Waals surface area contributed by atoms with Crippen molar-refractivity contribution >= 4 is 11.8 Å². The van der Waals surface area contributed by atoms with Crippen LogP contribution in [-0.4, -0.2) is 66.1 Å². The summed E-state index contributed by atoms with van der Waals surface area (Å²) >= 11 is 2.10. The van der Waals surface area contributed by atoms with Gasteiger partial charge in [-0.05, 0) is 24.5 Å². The van der Waals surface area contributed by atoms with Crippen LogP contribution in [0.5, 0.6) is 0 Å². The molecule has 0 aromatic heterocycles. The highest BCUT2D eigenvalue weighted by atomic mass is 32.2. The summed E-state index contributed by atoms with van der Waals surface area (Å²) in [6.45, 7) is 11.6. The Morgan fingerprint density at radius 2 is 1.94 bits per heavy atom. The predicted octanol–water partition coefficient (Wildman–Crippen LogP) is 1.48. The Bertz CT molecular complexity index is 243. The summed E-state index contributed by atoms with van der Waals surface area (Å²) in [6, 6.07) is 0. The summed E-state index contributed by atoms with van der Waals surface area (Å²) < 4.78 is 0. The van der Waals surface area contributed by atoms with E-state index < -0.39 is 0 Å². The van der Waals surface area contributed by atoms with Crippen LogP contribution >= 0.6 is 11.8 Å². The average Bonchev–Trinajstić information content (AvgIpc) is 2.39. The second-order valence-corrected chi connectivity index (χ2v) is 7.37. The Labute approximate surface area is 116 Å². The van der Waals surface area contributed by atoms with Crippen molar-refractivity contribution in [2.45, 2.75) is 32.2 Å². The first kappa shape index (κ1) is 14.6. The van der Waals surface area contributed by atoms with Crippen molar-refractivity contribution in [1.82, 2.24) is 9.80 Å². The number of hydrogen-bond donors (Lipinski definition) is 1. The van der Waals surface area contributed by atoms with Crippen molar-refractivity contribution in [2.24, 2.45) is 11.7 Å². The number of piperazine rings is 1. The molecule has 0 radical (unpaired) electrons. The number of thioether (sulfide) groups is 1. The molecule has 3 nitrogen and oxygen atoms in total. The summed E-state index contributed by atoms with van der Waals surface area (Å²) in [7, 11) is 0. The van der Waals surface area contributed by atoms with Crippen LogP contribution in [0.1, 0.15) is 26.7 Å². The molecule has 2 saturated heterocycles. The van der Waals surface area contributed by atoms with Crippen molar-refractivity contribution in [1.29, 1.82) is 0 Å². The third-order valence-electron chi connectivity index (χ3n) is 4.35. The predicted molar refractivity (Wildman–Crippen MR) is 81.2 cm³/mol. The first-order valence-electron chi connectivity index (χ1n) is 7.41. The van der Waals surface area contributed by atoms with E-state index in [1.807, 2.05) is 0 Å². The lowest BCUT2D eigenvalue weighted by Crippen LogP contribution is -2.62. The fourth-order valence-corrected chi connectivity index (χ4v) is 4.62. The highest BCUT2D eigenvalue weighted by molar-refractivity contribution is 7.99. The second kappa shape index (κ2) is 6.60. The largest absolute Gasteiger partial charge is 0.329 e. The Kier molecular flexibility index (Phi) is 5.36. The molecule has 0 amide bonds. The van der Waals surface area contributed by atoms with E-state index in [2.05, 4.69) is 35.4 Å². The van der Waals surface area contributed by atoms with Gasteiger partial charge in [0.05, 0.1) is 0 Å². The van der Waals surface area contributed by atoms with E-state index in [9.17, 15) is 0 Å². The van der Waals surface area contributed by atoms with E-state index in [0.29, 0.717) is 5.54 Å². The first-order valence-corrected chi connectivity index (χ1v) is 8.57. The summed E-state index contributed by atoms with van der Waals surface area (Å²) in [5.74, 6) is 3.35. The van der Waals surface area contributed by atoms with E-state index in [0.717, 1.165) is 12.5 Å². The van der Waals surface area contributed by atoms with Crippen molar-refractivity contribution in [2.75, 3.05) is 50.8 Å². The molecule has 106 valence electrons. The lowest BCUT2D eigenvalue weighted by atomic mass is 9.92. The van der Waals surface area contributed by atoms with Crippen molar-refractivity contribution in [3.63, 3.8) is 0 Å². The van der Waals surface area contributed by atoms with E-state index in [1.165, 1.54) is 57.1 Å². The molecular formula is C14H29N3S. The average molecular weight is 271 g/mol. The standard InChI is InChI=1S/C14H29N3S/c1-13(2)10-16-5-7-17(8-6-16)14(11-15)4-3-9-18-12-14/h13H,3-12,15H2,1-2H3. The van der Waals surface area contributed by atoms with Gasteiger partial charge in [0.25, 0.3) is 0 Å². The van der Waals surface area contributed by atoms with Gasteiger partial charge in [-0.25, -0.2) is 0 Å². The zero-order chi connectivity index (χ0) is 13.0. The Hall–Kier alpha value is 0.230. The fourth-order valence-electron chi connectivity index (χ4n) is 3.30. The molecule has 0 saturated carbocycles. The van der Waals surface area contributed by atoms with Crippen molar-refractivity contribution in [3.8, 4) is 0 Å². The van der Waals surface area contributed by atoms with Gasteiger partial charge in [-0.15, -0.1) is 0 Å². The van der Waals surface area contributed by atoms with Crippen LogP contribution in [0.2, 0.25) is 0 Å². The van der Waals surface area contributed by atoms with Crippen LogP contribution in [0.25, 0.3) is 0 Å². The molecule has 2 N–H and O–H groups in total. The normalized spacial score (nSPS) is 32.0. The lowest BCUT2D eigenvalue weighted by Gasteiger charge is -2.49. The van der Waals surface area contributed by atoms with Gasteiger partial charge >= 0.3 is 0 Å².